The zero-order chi connectivity index (χ0) is 10.6. The molecule has 0 saturated heterocycles. The largest absolute Gasteiger partial charge is 0.480 e. The van der Waals surface area contributed by atoms with Gasteiger partial charge in [-0.1, -0.05) is 0 Å². The molecule has 14 heavy (non-hydrogen) atoms. The van der Waals surface area contributed by atoms with E-state index in [-0.39, 0.29) is 17.3 Å². The molecule has 0 aromatic carbocycles. The van der Waals surface area contributed by atoms with Crippen molar-refractivity contribution >= 4 is 12.3 Å². The van der Waals surface area contributed by atoms with Crippen LogP contribution in [0.5, 0.6) is 5.88 Å². The van der Waals surface area contributed by atoms with Crippen LogP contribution >= 0.6 is 0 Å². The second-order valence-corrected chi connectivity index (χ2v) is 2.26. The summed E-state index contributed by atoms with van der Waals surface area (Å²) in [5.41, 5.74) is -0.223. The number of methoxy groups -OCH3 is 2. The minimum atomic E-state index is -0.724. The molecule has 6 nitrogen and oxygen atoms in total. The number of hydrogen-bond acceptors (Lipinski definition) is 6. The van der Waals surface area contributed by atoms with Crippen molar-refractivity contribution in [2.45, 2.75) is 0 Å². The lowest BCUT2D eigenvalue weighted by Crippen LogP contribution is -2.10. The number of aromatic nitrogens is 2. The molecule has 1 rings (SSSR count). The number of ether oxygens (including phenoxy) is 2. The first-order valence-corrected chi connectivity index (χ1v) is 3.67. The fraction of sp³-hybridized carbons (Fsp3) is 0.250. The van der Waals surface area contributed by atoms with Crippen LogP contribution in [0.2, 0.25) is 0 Å². The Bertz CT molecular complexity index is 364. The lowest BCUT2D eigenvalue weighted by molar-refractivity contribution is 0.0589. The van der Waals surface area contributed by atoms with Gasteiger partial charge in [-0.05, 0) is 0 Å². The van der Waals surface area contributed by atoms with Gasteiger partial charge in [0.05, 0.1) is 20.4 Å². The fourth-order valence-corrected chi connectivity index (χ4v) is 0.814. The molecular weight excluding hydrogens is 188 g/mol. The second kappa shape index (κ2) is 4.31. The third kappa shape index (κ3) is 1.85. The predicted octanol–water partition coefficient (Wildman–Crippen LogP) is 0.0843. The Morgan fingerprint density at radius 3 is 2.71 bits per heavy atom. The van der Waals surface area contributed by atoms with Crippen LogP contribution in [0.1, 0.15) is 21.0 Å². The van der Waals surface area contributed by atoms with Crippen LogP contribution in [0.4, 0.5) is 0 Å². The van der Waals surface area contributed by atoms with Crippen molar-refractivity contribution in [3.8, 4) is 5.88 Å². The summed E-state index contributed by atoms with van der Waals surface area (Å²) in [5, 5.41) is 0. The Balaban J connectivity index is 3.21. The van der Waals surface area contributed by atoms with Crippen molar-refractivity contribution in [3.63, 3.8) is 0 Å². The molecule has 0 aliphatic rings. The lowest BCUT2D eigenvalue weighted by atomic mass is 10.3. The molecule has 0 unspecified atom stereocenters. The molecule has 1 aromatic heterocycles. The van der Waals surface area contributed by atoms with Crippen molar-refractivity contribution in [2.75, 3.05) is 14.2 Å². The molecule has 1 heterocycles. The van der Waals surface area contributed by atoms with Crippen molar-refractivity contribution in [1.82, 2.24) is 9.97 Å². The molecule has 1 aromatic rings. The highest BCUT2D eigenvalue weighted by Gasteiger charge is 2.15. The van der Waals surface area contributed by atoms with Crippen molar-refractivity contribution < 1.29 is 19.1 Å². The average Bonchev–Trinajstić information content (AvgIpc) is 2.27. The van der Waals surface area contributed by atoms with E-state index in [0.29, 0.717) is 6.29 Å². The minimum absolute atomic E-state index is 0.0716. The monoisotopic (exact) mass is 196 g/mol. The van der Waals surface area contributed by atoms with Crippen LogP contribution in [0.3, 0.4) is 0 Å². The van der Waals surface area contributed by atoms with E-state index >= 15 is 0 Å². The molecule has 0 atom stereocenters. The van der Waals surface area contributed by atoms with Gasteiger partial charge in [-0.15, -0.1) is 0 Å². The first-order valence-electron chi connectivity index (χ1n) is 3.67. The first kappa shape index (κ1) is 10.1. The predicted molar refractivity (Wildman–Crippen MR) is 45.3 cm³/mol. The zero-order valence-electron chi connectivity index (χ0n) is 7.68. The minimum Gasteiger partial charge on any atom is -0.480 e. The Hall–Kier alpha value is -1.98. The van der Waals surface area contributed by atoms with Gasteiger partial charge in [0.1, 0.15) is 5.69 Å². The molecule has 6 heteroatoms. The molecule has 74 valence electrons. The molecule has 0 aliphatic heterocycles. The Morgan fingerprint density at radius 2 is 2.21 bits per heavy atom. The molecule has 0 N–H and O–H groups in total. The van der Waals surface area contributed by atoms with Gasteiger partial charge in [0.25, 0.3) is 0 Å². The maximum absolute atomic E-state index is 11.1. The van der Waals surface area contributed by atoms with E-state index in [1.54, 1.807) is 0 Å². The van der Waals surface area contributed by atoms with Crippen LogP contribution in [-0.2, 0) is 4.74 Å². The number of carbonyl (C=O) groups excluding carboxylic acids is 2. The smallest absolute Gasteiger partial charge is 0.359 e. The number of nitrogens with zero attached hydrogens (tertiary/aromatic N) is 2. The van der Waals surface area contributed by atoms with Gasteiger partial charge < -0.3 is 9.47 Å². The van der Waals surface area contributed by atoms with Crippen LogP contribution in [0.15, 0.2) is 6.20 Å². The third-order valence-electron chi connectivity index (χ3n) is 1.48. The topological polar surface area (TPSA) is 78.4 Å². The molecule has 0 saturated carbocycles. The average molecular weight is 196 g/mol. The van der Waals surface area contributed by atoms with Gasteiger partial charge in [0.2, 0.25) is 5.88 Å². The first-order chi connectivity index (χ1) is 6.72. The van der Waals surface area contributed by atoms with Crippen LogP contribution in [-0.4, -0.2) is 36.4 Å². The van der Waals surface area contributed by atoms with E-state index in [1.807, 2.05) is 0 Å². The molecule has 0 amide bonds. The summed E-state index contributed by atoms with van der Waals surface area (Å²) in [5.74, 6) is -0.575. The van der Waals surface area contributed by atoms with Gasteiger partial charge >= 0.3 is 5.97 Å². The molecule has 0 aliphatic carbocycles. The summed E-state index contributed by atoms with van der Waals surface area (Å²) < 4.78 is 9.17. The molecule has 0 bridgehead atoms. The highest BCUT2D eigenvalue weighted by atomic mass is 16.5. The van der Waals surface area contributed by atoms with Gasteiger partial charge in [-0.2, -0.15) is 0 Å². The maximum atomic E-state index is 11.1. The molecule has 0 radical (unpaired) electrons. The Labute approximate surface area is 79.9 Å². The van der Waals surface area contributed by atoms with Crippen LogP contribution < -0.4 is 4.74 Å². The van der Waals surface area contributed by atoms with E-state index in [9.17, 15) is 9.59 Å². The highest BCUT2D eigenvalue weighted by molar-refractivity contribution is 5.95. The molecular formula is C8H8N2O4. The molecule has 0 spiro atoms. The summed E-state index contributed by atoms with van der Waals surface area (Å²) in [6, 6.07) is 0. The Morgan fingerprint density at radius 1 is 1.50 bits per heavy atom. The molecule has 0 fully saturated rings. The lowest BCUT2D eigenvalue weighted by Gasteiger charge is -2.02. The van der Waals surface area contributed by atoms with E-state index < -0.39 is 5.97 Å². The normalized spacial score (nSPS) is 9.29. The summed E-state index contributed by atoms with van der Waals surface area (Å²) in [6.07, 6.45) is 1.68. The SMILES string of the molecule is COC(=O)c1nc(OC)cnc1C=O. The van der Waals surface area contributed by atoms with Gasteiger partial charge in [-0.25, -0.2) is 14.8 Å². The van der Waals surface area contributed by atoms with E-state index in [1.165, 1.54) is 20.4 Å². The van der Waals surface area contributed by atoms with Gasteiger partial charge in [-0.3, -0.25) is 4.79 Å². The summed E-state index contributed by atoms with van der Waals surface area (Å²) in [4.78, 5) is 29.0. The third-order valence-corrected chi connectivity index (χ3v) is 1.48. The summed E-state index contributed by atoms with van der Waals surface area (Å²) >= 11 is 0. The zero-order valence-corrected chi connectivity index (χ0v) is 7.68. The quantitative estimate of drug-likeness (QED) is 0.503. The van der Waals surface area contributed by atoms with Crippen LogP contribution in [0.25, 0.3) is 0 Å². The van der Waals surface area contributed by atoms with Gasteiger partial charge in [0.15, 0.2) is 12.0 Å². The van der Waals surface area contributed by atoms with Crippen molar-refractivity contribution in [3.05, 3.63) is 17.6 Å². The second-order valence-electron chi connectivity index (χ2n) is 2.26. The van der Waals surface area contributed by atoms with Crippen molar-refractivity contribution in [2.24, 2.45) is 0 Å². The number of esters is 1. The number of carbonyl (C=O) groups is 2. The standard InChI is InChI=1S/C8H8N2O4/c1-13-6-3-9-5(4-11)7(10-6)8(12)14-2/h3-4H,1-2H3. The number of aldehydes is 1. The van der Waals surface area contributed by atoms with E-state index in [0.717, 1.165) is 0 Å². The van der Waals surface area contributed by atoms with Crippen LogP contribution in [0, 0.1) is 0 Å². The van der Waals surface area contributed by atoms with E-state index in [4.69, 9.17) is 4.74 Å². The van der Waals surface area contributed by atoms with E-state index in [2.05, 4.69) is 14.7 Å². The summed E-state index contributed by atoms with van der Waals surface area (Å²) in [6.45, 7) is 0. The Kier molecular flexibility index (Phi) is 3.11. The van der Waals surface area contributed by atoms with Gasteiger partial charge in [0, 0.05) is 0 Å². The fourth-order valence-electron chi connectivity index (χ4n) is 0.814. The number of hydrogen-bond donors (Lipinski definition) is 0. The maximum Gasteiger partial charge on any atom is 0.359 e. The van der Waals surface area contributed by atoms with Crippen molar-refractivity contribution in [1.29, 1.82) is 0 Å². The summed E-state index contributed by atoms with van der Waals surface area (Å²) in [7, 11) is 2.57. The highest BCUT2D eigenvalue weighted by Crippen LogP contribution is 2.08. The number of rotatable bonds is 3.